The smallest absolute Gasteiger partial charge is 0.135 e. The third-order valence-electron chi connectivity index (χ3n) is 7.11. The molecule has 2 nitrogen and oxygen atoms in total. The summed E-state index contributed by atoms with van der Waals surface area (Å²) >= 11 is 0. The SMILES string of the molecule is c1ccc(Nc2ccc3c(c2)C(c2ccccc2)(c2ccccc2)c2oc4ccccc4c2-3)cc1. The standard InChI is InChI=1S/C33H23NO/c1-4-12-23(13-5-1)33(24-14-6-2-7-15-24)29-22-26(34-25-16-8-3-9-17-25)20-21-27(29)31-28-18-10-11-19-30(28)35-32(31)33/h1-22,34H. The van der Waals surface area contributed by atoms with E-state index in [4.69, 9.17) is 4.42 Å². The second kappa shape index (κ2) is 7.75. The van der Waals surface area contributed by atoms with E-state index in [0.29, 0.717) is 0 Å². The van der Waals surface area contributed by atoms with Crippen LogP contribution in [0.5, 0.6) is 0 Å². The molecule has 2 heteroatoms. The average molecular weight is 450 g/mol. The number of benzene rings is 5. The Kier molecular flexibility index (Phi) is 4.40. The molecule has 1 aliphatic rings. The van der Waals surface area contributed by atoms with Gasteiger partial charge in [-0.05, 0) is 52.6 Å². The van der Waals surface area contributed by atoms with E-state index in [9.17, 15) is 0 Å². The van der Waals surface area contributed by atoms with Crippen LogP contribution in [0.3, 0.4) is 0 Å². The summed E-state index contributed by atoms with van der Waals surface area (Å²) in [5, 5.41) is 4.75. The first-order chi connectivity index (χ1) is 17.4. The highest BCUT2D eigenvalue weighted by molar-refractivity contribution is 6.02. The number of rotatable bonds is 4. The monoisotopic (exact) mass is 449 g/mol. The maximum atomic E-state index is 6.76. The number of furan rings is 1. The Morgan fingerprint density at radius 1 is 0.543 bits per heavy atom. The first kappa shape index (κ1) is 19.9. The van der Waals surface area contributed by atoms with Crippen molar-refractivity contribution in [3.8, 4) is 11.1 Å². The van der Waals surface area contributed by atoms with Gasteiger partial charge >= 0.3 is 0 Å². The zero-order valence-electron chi connectivity index (χ0n) is 19.1. The minimum Gasteiger partial charge on any atom is -0.459 e. The largest absolute Gasteiger partial charge is 0.459 e. The van der Waals surface area contributed by atoms with Crippen molar-refractivity contribution >= 4 is 22.3 Å². The van der Waals surface area contributed by atoms with Crippen LogP contribution >= 0.6 is 0 Å². The van der Waals surface area contributed by atoms with Gasteiger partial charge in [0, 0.05) is 22.3 Å². The molecular weight excluding hydrogens is 426 g/mol. The fourth-order valence-corrected chi connectivity index (χ4v) is 5.65. The summed E-state index contributed by atoms with van der Waals surface area (Å²) < 4.78 is 6.76. The van der Waals surface area contributed by atoms with Crippen LogP contribution in [-0.2, 0) is 5.41 Å². The number of para-hydroxylation sites is 2. The van der Waals surface area contributed by atoms with E-state index in [1.54, 1.807) is 0 Å². The topological polar surface area (TPSA) is 25.2 Å². The third kappa shape index (κ3) is 2.90. The van der Waals surface area contributed by atoms with Crippen LogP contribution in [0.4, 0.5) is 11.4 Å². The van der Waals surface area contributed by atoms with Gasteiger partial charge in [0.25, 0.3) is 0 Å². The molecule has 1 aliphatic carbocycles. The van der Waals surface area contributed by atoms with Crippen molar-refractivity contribution in [2.45, 2.75) is 5.41 Å². The predicted octanol–water partition coefficient (Wildman–Crippen LogP) is 8.54. The van der Waals surface area contributed by atoms with Crippen molar-refractivity contribution in [2.75, 3.05) is 5.32 Å². The van der Waals surface area contributed by atoms with Crippen LogP contribution < -0.4 is 5.32 Å². The quantitative estimate of drug-likeness (QED) is 0.291. The van der Waals surface area contributed by atoms with Gasteiger partial charge in [-0.15, -0.1) is 0 Å². The molecule has 0 atom stereocenters. The number of hydrogen-bond donors (Lipinski definition) is 1. The summed E-state index contributed by atoms with van der Waals surface area (Å²) in [6.07, 6.45) is 0. The van der Waals surface area contributed by atoms with Crippen molar-refractivity contribution in [3.05, 3.63) is 156 Å². The summed E-state index contributed by atoms with van der Waals surface area (Å²) in [7, 11) is 0. The van der Waals surface area contributed by atoms with E-state index in [2.05, 4.69) is 127 Å². The Morgan fingerprint density at radius 2 is 1.14 bits per heavy atom. The lowest BCUT2D eigenvalue weighted by molar-refractivity contribution is 0.502. The van der Waals surface area contributed by atoms with Crippen LogP contribution in [0, 0.1) is 0 Å². The molecule has 1 N–H and O–H groups in total. The zero-order valence-corrected chi connectivity index (χ0v) is 19.1. The lowest BCUT2D eigenvalue weighted by Gasteiger charge is -2.32. The Balaban J connectivity index is 1.58. The van der Waals surface area contributed by atoms with Gasteiger partial charge in [0.1, 0.15) is 16.8 Å². The summed E-state index contributed by atoms with van der Waals surface area (Å²) in [5.41, 5.74) is 8.52. The Hall–Kier alpha value is -4.56. The second-order valence-corrected chi connectivity index (χ2v) is 9.04. The Bertz CT molecular complexity index is 1610. The predicted molar refractivity (Wildman–Crippen MR) is 143 cm³/mol. The first-order valence-electron chi connectivity index (χ1n) is 12.0. The fourth-order valence-electron chi connectivity index (χ4n) is 5.65. The second-order valence-electron chi connectivity index (χ2n) is 9.04. The van der Waals surface area contributed by atoms with Gasteiger partial charge in [0.2, 0.25) is 0 Å². The molecule has 0 aliphatic heterocycles. The van der Waals surface area contributed by atoms with Gasteiger partial charge < -0.3 is 9.73 Å². The molecule has 0 fully saturated rings. The first-order valence-corrected chi connectivity index (χ1v) is 12.0. The average Bonchev–Trinajstić information content (AvgIpc) is 3.43. The molecule has 5 aromatic carbocycles. The molecule has 1 heterocycles. The fraction of sp³-hybridized carbons (Fsp3) is 0.0303. The van der Waals surface area contributed by atoms with Gasteiger partial charge in [-0.2, -0.15) is 0 Å². The Labute approximate surface area is 204 Å². The highest BCUT2D eigenvalue weighted by Gasteiger charge is 2.50. The van der Waals surface area contributed by atoms with Crippen molar-refractivity contribution < 1.29 is 4.42 Å². The van der Waals surface area contributed by atoms with Crippen molar-refractivity contribution in [2.24, 2.45) is 0 Å². The molecule has 7 rings (SSSR count). The normalized spacial score (nSPS) is 13.4. The summed E-state index contributed by atoms with van der Waals surface area (Å²) in [6, 6.07) is 46.9. The molecule has 0 unspecified atom stereocenters. The summed E-state index contributed by atoms with van der Waals surface area (Å²) in [6.45, 7) is 0. The van der Waals surface area contributed by atoms with Gasteiger partial charge in [0.15, 0.2) is 0 Å². The van der Waals surface area contributed by atoms with E-state index in [0.717, 1.165) is 28.1 Å². The minimum atomic E-state index is -0.555. The molecule has 0 bridgehead atoms. The molecule has 0 saturated heterocycles. The lowest BCUT2D eigenvalue weighted by Crippen LogP contribution is -2.28. The van der Waals surface area contributed by atoms with E-state index in [-0.39, 0.29) is 0 Å². The highest BCUT2D eigenvalue weighted by atomic mass is 16.3. The number of hydrogen-bond acceptors (Lipinski definition) is 2. The van der Waals surface area contributed by atoms with Crippen LogP contribution in [0.2, 0.25) is 0 Å². The van der Waals surface area contributed by atoms with Gasteiger partial charge in [0.05, 0.1) is 0 Å². The molecule has 1 aromatic heterocycles. The molecule has 6 aromatic rings. The summed E-state index contributed by atoms with van der Waals surface area (Å²) in [5.74, 6) is 0.989. The maximum absolute atomic E-state index is 6.76. The third-order valence-corrected chi connectivity index (χ3v) is 7.11. The molecule has 0 radical (unpaired) electrons. The molecule has 0 amide bonds. The van der Waals surface area contributed by atoms with Crippen molar-refractivity contribution in [3.63, 3.8) is 0 Å². The van der Waals surface area contributed by atoms with Crippen LogP contribution in [0.1, 0.15) is 22.5 Å². The minimum absolute atomic E-state index is 0.555. The molecule has 35 heavy (non-hydrogen) atoms. The van der Waals surface area contributed by atoms with E-state index < -0.39 is 5.41 Å². The number of anilines is 2. The van der Waals surface area contributed by atoms with Gasteiger partial charge in [-0.3, -0.25) is 0 Å². The molecule has 166 valence electrons. The van der Waals surface area contributed by atoms with Crippen LogP contribution in [-0.4, -0.2) is 0 Å². The van der Waals surface area contributed by atoms with E-state index in [1.165, 1.54) is 27.8 Å². The lowest BCUT2D eigenvalue weighted by atomic mass is 9.70. The van der Waals surface area contributed by atoms with Crippen molar-refractivity contribution in [1.29, 1.82) is 0 Å². The number of nitrogens with one attached hydrogen (secondary N) is 1. The highest BCUT2D eigenvalue weighted by Crippen LogP contribution is 2.59. The molecule has 0 spiro atoms. The zero-order chi connectivity index (χ0) is 23.2. The van der Waals surface area contributed by atoms with Crippen LogP contribution in [0.15, 0.2) is 138 Å². The van der Waals surface area contributed by atoms with Crippen molar-refractivity contribution in [1.82, 2.24) is 0 Å². The van der Waals surface area contributed by atoms with Crippen LogP contribution in [0.25, 0.3) is 22.1 Å². The van der Waals surface area contributed by atoms with E-state index >= 15 is 0 Å². The number of fused-ring (bicyclic) bond motifs is 5. The maximum Gasteiger partial charge on any atom is 0.135 e. The molecular formula is C33H23NO. The van der Waals surface area contributed by atoms with Gasteiger partial charge in [-0.25, -0.2) is 0 Å². The van der Waals surface area contributed by atoms with Gasteiger partial charge in [-0.1, -0.05) is 103 Å². The van der Waals surface area contributed by atoms with E-state index in [1.807, 2.05) is 12.1 Å². The molecule has 0 saturated carbocycles. The summed E-state index contributed by atoms with van der Waals surface area (Å²) in [4.78, 5) is 0. The Morgan fingerprint density at radius 3 is 1.83 bits per heavy atom.